The van der Waals surface area contributed by atoms with E-state index in [-0.39, 0.29) is 46.3 Å². The number of sulfone groups is 1. The van der Waals surface area contributed by atoms with Crippen molar-refractivity contribution in [1.29, 1.82) is 0 Å². The van der Waals surface area contributed by atoms with Crippen molar-refractivity contribution in [3.8, 4) is 34.6 Å². The molecule has 2 heterocycles. The fraction of sp³-hybridized carbons (Fsp3) is 0.345. The predicted molar refractivity (Wildman–Crippen MR) is 174 cm³/mol. The van der Waals surface area contributed by atoms with Gasteiger partial charge in [-0.15, -0.1) is 10.2 Å². The molecule has 17 heteroatoms. The van der Waals surface area contributed by atoms with E-state index in [0.717, 1.165) is 28.8 Å². The molecule has 0 spiro atoms. The number of pyridine rings is 1. The zero-order valence-corrected chi connectivity index (χ0v) is 28.5. The molecule has 4 aromatic rings. The molecule has 46 heavy (non-hydrogen) atoms. The van der Waals surface area contributed by atoms with Crippen molar-refractivity contribution in [3.05, 3.63) is 66.0 Å². The van der Waals surface area contributed by atoms with Gasteiger partial charge in [0.15, 0.2) is 15.7 Å². The normalized spacial score (nSPS) is 12.6. The molecule has 1 atom stereocenters. The molecule has 0 aliphatic heterocycles. The van der Waals surface area contributed by atoms with E-state index in [1.54, 1.807) is 36.4 Å². The molecule has 0 bridgehead atoms. The van der Waals surface area contributed by atoms with Gasteiger partial charge in [0.1, 0.15) is 34.5 Å². The number of para-hydroxylation sites is 1. The first-order valence-corrected chi connectivity index (χ1v) is 19.3. The highest BCUT2D eigenvalue weighted by atomic mass is 32.2. The predicted octanol–water partition coefficient (Wildman–Crippen LogP) is 2.65. The molecule has 0 amide bonds. The van der Waals surface area contributed by atoms with Crippen molar-refractivity contribution in [1.82, 2.24) is 19.7 Å². The first-order valence-electron chi connectivity index (χ1n) is 13.6. The van der Waals surface area contributed by atoms with Gasteiger partial charge in [-0.1, -0.05) is 18.2 Å². The summed E-state index contributed by atoms with van der Waals surface area (Å²) >= 11 is 0. The van der Waals surface area contributed by atoms with E-state index in [4.69, 9.17) is 14.2 Å². The summed E-state index contributed by atoms with van der Waals surface area (Å²) in [5.41, 5.74) is 0.309. The number of aliphatic hydroxyl groups is 1. The van der Waals surface area contributed by atoms with Crippen LogP contribution in [-0.4, -0.2) is 99.8 Å². The number of benzene rings is 2. The van der Waals surface area contributed by atoms with Gasteiger partial charge < -0.3 is 19.3 Å². The number of sulfonamides is 1. The van der Waals surface area contributed by atoms with Crippen molar-refractivity contribution in [2.75, 3.05) is 62.5 Å². The third-order valence-corrected chi connectivity index (χ3v) is 10.7. The van der Waals surface area contributed by atoms with Crippen LogP contribution in [0.3, 0.4) is 0 Å². The first-order chi connectivity index (χ1) is 21.7. The minimum absolute atomic E-state index is 0.0747. The van der Waals surface area contributed by atoms with Gasteiger partial charge in [-0.2, -0.15) is 0 Å². The van der Waals surface area contributed by atoms with Gasteiger partial charge >= 0.3 is 0 Å². The summed E-state index contributed by atoms with van der Waals surface area (Å²) in [6.07, 6.45) is 2.89. The molecular formula is C29H35FN5O8S3+. The molecule has 0 saturated heterocycles. The zero-order chi connectivity index (χ0) is 33.8. The lowest BCUT2D eigenvalue weighted by molar-refractivity contribution is 0.198. The Morgan fingerprint density at radius 2 is 1.61 bits per heavy atom. The van der Waals surface area contributed by atoms with Crippen molar-refractivity contribution >= 4 is 36.7 Å². The smallest absolute Gasteiger partial charge is 0.246 e. The van der Waals surface area contributed by atoms with Gasteiger partial charge in [-0.3, -0.25) is 4.57 Å². The minimum atomic E-state index is -4.49. The van der Waals surface area contributed by atoms with Gasteiger partial charge in [0.2, 0.25) is 21.9 Å². The highest BCUT2D eigenvalue weighted by molar-refractivity contribution is 7.95. The first kappa shape index (κ1) is 34.9. The monoisotopic (exact) mass is 696 g/mol. The molecule has 0 saturated carbocycles. The lowest BCUT2D eigenvalue weighted by atomic mass is 10.1. The average molecular weight is 697 g/mol. The van der Waals surface area contributed by atoms with Gasteiger partial charge in [0, 0.05) is 17.9 Å². The molecule has 13 nitrogen and oxygen atoms in total. The largest absolute Gasteiger partial charge is 0.494 e. The van der Waals surface area contributed by atoms with Crippen molar-refractivity contribution < 1.29 is 40.5 Å². The minimum Gasteiger partial charge on any atom is -0.494 e. The lowest BCUT2D eigenvalue weighted by Gasteiger charge is -2.26. The number of hydrogen-bond donors (Lipinski definition) is 1. The summed E-state index contributed by atoms with van der Waals surface area (Å²) in [7, 11) is -4.41. The maximum atomic E-state index is 14.3. The lowest BCUT2D eigenvalue weighted by Crippen LogP contribution is -2.40. The van der Waals surface area contributed by atoms with Gasteiger partial charge in [0.05, 0.1) is 57.1 Å². The van der Waals surface area contributed by atoms with Crippen LogP contribution in [0, 0.1) is 5.82 Å². The summed E-state index contributed by atoms with van der Waals surface area (Å²) in [4.78, 5) is 3.96. The third kappa shape index (κ3) is 7.54. The molecule has 0 fully saturated rings. The van der Waals surface area contributed by atoms with Crippen LogP contribution in [0.15, 0.2) is 59.5 Å². The Hall–Kier alpha value is -3.93. The van der Waals surface area contributed by atoms with Crippen molar-refractivity contribution in [2.24, 2.45) is 0 Å². The van der Waals surface area contributed by atoms with Crippen molar-refractivity contribution in [2.45, 2.75) is 11.0 Å². The summed E-state index contributed by atoms with van der Waals surface area (Å²) in [6.45, 7) is -0.0747. The quantitative estimate of drug-likeness (QED) is 0.193. The van der Waals surface area contributed by atoms with E-state index in [1.165, 1.54) is 25.9 Å². The zero-order valence-electron chi connectivity index (χ0n) is 26.0. The highest BCUT2D eigenvalue weighted by Gasteiger charge is 2.35. The second-order valence-corrected chi connectivity index (χ2v) is 16.5. The summed E-state index contributed by atoms with van der Waals surface area (Å²) < 4.78 is 86.4. The molecule has 2 aromatic carbocycles. The topological polar surface area (TPSA) is 163 Å². The van der Waals surface area contributed by atoms with Gasteiger partial charge in [0.25, 0.3) is 0 Å². The second-order valence-electron chi connectivity index (χ2n) is 10.2. The number of hydrogen-bond acceptors (Lipinski definition) is 11. The Morgan fingerprint density at radius 1 is 0.957 bits per heavy atom. The molecule has 248 valence electrons. The maximum absolute atomic E-state index is 14.3. The number of anilines is 1. The van der Waals surface area contributed by atoms with E-state index in [0.29, 0.717) is 22.9 Å². The van der Waals surface area contributed by atoms with Gasteiger partial charge in [-0.05, 0) is 41.2 Å². The fourth-order valence-electron chi connectivity index (χ4n) is 4.63. The Morgan fingerprint density at radius 3 is 2.20 bits per heavy atom. The highest BCUT2D eigenvalue weighted by Crippen LogP contribution is 2.39. The van der Waals surface area contributed by atoms with Crippen LogP contribution in [0.5, 0.6) is 17.4 Å². The van der Waals surface area contributed by atoms with Crippen LogP contribution in [0.2, 0.25) is 0 Å². The molecular weight excluding hydrogens is 662 g/mol. The Labute approximate surface area is 270 Å². The molecule has 0 aliphatic rings. The molecule has 4 rings (SSSR count). The molecule has 2 aromatic heterocycles. The van der Waals surface area contributed by atoms with Gasteiger partial charge in [-0.25, -0.2) is 30.5 Å². The average Bonchev–Trinajstić information content (AvgIpc) is 3.43. The van der Waals surface area contributed by atoms with Crippen LogP contribution in [0.4, 0.5) is 10.3 Å². The van der Waals surface area contributed by atoms with Crippen LogP contribution in [0.25, 0.3) is 17.2 Å². The molecule has 1 N–H and O–H groups in total. The Balaban J connectivity index is 1.96. The second kappa shape index (κ2) is 14.2. The van der Waals surface area contributed by atoms with Crippen molar-refractivity contribution in [3.63, 3.8) is 0 Å². The number of halogens is 1. The maximum Gasteiger partial charge on any atom is 0.246 e. The summed E-state index contributed by atoms with van der Waals surface area (Å²) in [5.74, 6) is -0.557. The van der Waals surface area contributed by atoms with Crippen LogP contribution in [-0.2, 0) is 30.8 Å². The van der Waals surface area contributed by atoms with Crippen LogP contribution < -0.4 is 18.5 Å². The number of aromatic nitrogens is 4. The van der Waals surface area contributed by atoms with Crippen LogP contribution >= 0.6 is 0 Å². The van der Waals surface area contributed by atoms with E-state index in [9.17, 15) is 26.3 Å². The standard InChI is InChI=1S/C29H35FN5O8S3/c1-41-23-10-8-11-24(42-2)27(23)35-28(21-9-7-12-26(31-21)43-3)32-33-29(35)34(15-16-44(4)5)46(39,40)18-22(36)20-14-13-19(30)17-25(20)45(6,37)38/h7-14,17,22,36H,15-16,18H2,1-6H3/q+1/t22-/m1/s1. The Kier molecular flexibility index (Phi) is 10.8. The number of aliphatic hydroxyl groups excluding tert-OH is 1. The number of nitrogens with zero attached hydrogens (tertiary/aromatic N) is 5. The number of methoxy groups -OCH3 is 3. The SMILES string of the molecule is COc1cccc(-c2nnc(N(CC[S+](C)C)S(=O)(=O)C[C@@H](O)c3ccc(F)cc3S(C)(=O)=O)n2-c2c(OC)cccc2OC)n1. The van der Waals surface area contributed by atoms with E-state index < -0.39 is 42.4 Å². The fourth-order valence-corrected chi connectivity index (χ4v) is 7.74. The molecule has 0 unspecified atom stereocenters. The van der Waals surface area contributed by atoms with Crippen LogP contribution in [0.1, 0.15) is 11.7 Å². The summed E-state index contributed by atoms with van der Waals surface area (Å²) in [5, 5.41) is 19.8. The molecule has 0 radical (unpaired) electrons. The van der Waals surface area contributed by atoms with E-state index in [1.807, 2.05) is 12.5 Å². The summed E-state index contributed by atoms with van der Waals surface area (Å²) in [6, 6.07) is 12.7. The third-order valence-electron chi connectivity index (χ3n) is 6.80. The Bertz CT molecular complexity index is 1900. The molecule has 0 aliphatic carbocycles. The van der Waals surface area contributed by atoms with E-state index >= 15 is 0 Å². The number of rotatable bonds is 14. The van der Waals surface area contributed by atoms with E-state index in [2.05, 4.69) is 15.2 Å². The number of ether oxygens (including phenoxy) is 3.